The molecule has 4 saturated carbocycles. The molecule has 4 aliphatic carbocycles. The van der Waals surface area contributed by atoms with Gasteiger partial charge in [-0.1, -0.05) is 46.3 Å². The second kappa shape index (κ2) is 13.2. The fourth-order valence-electron chi connectivity index (χ4n) is 12.4. The first kappa shape index (κ1) is 37.6. The monoisotopic (exact) mass is 666 g/mol. The summed E-state index contributed by atoms with van der Waals surface area (Å²) in [5.74, 6) is 0.250. The van der Waals surface area contributed by atoms with Gasteiger partial charge >= 0.3 is 0 Å². The molecule has 0 unspecified atom stereocenters. The molecule has 16 atom stereocenters. The first-order valence-corrected chi connectivity index (χ1v) is 18.4. The molecule has 0 spiro atoms. The van der Waals surface area contributed by atoms with E-state index >= 15 is 0 Å². The highest BCUT2D eigenvalue weighted by Crippen LogP contribution is 2.76. The van der Waals surface area contributed by atoms with Crippen molar-refractivity contribution in [3.05, 3.63) is 11.6 Å². The van der Waals surface area contributed by atoms with Crippen LogP contribution in [0, 0.1) is 45.3 Å². The Kier molecular flexibility index (Phi) is 10.5. The summed E-state index contributed by atoms with van der Waals surface area (Å²) in [5.41, 5.74) is -0.413. The van der Waals surface area contributed by atoms with Crippen molar-refractivity contribution >= 4 is 0 Å². The Morgan fingerprint density at radius 2 is 1.62 bits per heavy atom. The smallest absolute Gasteiger partial charge is 0.186 e. The Labute approximate surface area is 283 Å². The quantitative estimate of drug-likeness (QED) is 0.156. The van der Waals surface area contributed by atoms with Crippen molar-refractivity contribution < 1.29 is 44.8 Å². The number of aliphatic hydroxyl groups excluding tert-OH is 6. The first-order chi connectivity index (χ1) is 21.8. The van der Waals surface area contributed by atoms with E-state index < -0.39 is 61.0 Å². The van der Waals surface area contributed by atoms with Crippen LogP contribution in [-0.2, 0) is 14.2 Å². The van der Waals surface area contributed by atoms with Crippen molar-refractivity contribution in [3.8, 4) is 0 Å². The first-order valence-electron chi connectivity index (χ1n) is 18.4. The largest absolute Gasteiger partial charge is 0.394 e. The Morgan fingerprint density at radius 3 is 2.23 bits per heavy atom. The predicted octanol–water partition coefficient (Wildman–Crippen LogP) is 4.34. The van der Waals surface area contributed by atoms with Gasteiger partial charge in [-0.3, -0.25) is 0 Å². The number of ether oxygens (including phenoxy) is 3. The average molecular weight is 667 g/mol. The van der Waals surface area contributed by atoms with E-state index in [0.717, 1.165) is 32.1 Å². The molecule has 0 aromatic rings. The lowest BCUT2D eigenvalue weighted by atomic mass is 9.34. The third kappa shape index (κ3) is 5.89. The normalized spacial score (nSPS) is 50.5. The summed E-state index contributed by atoms with van der Waals surface area (Å²) in [6.07, 6.45) is 0.497. The molecule has 6 N–H and O–H groups in total. The van der Waals surface area contributed by atoms with Crippen LogP contribution in [0.2, 0.25) is 0 Å². The van der Waals surface area contributed by atoms with Crippen molar-refractivity contribution in [2.75, 3.05) is 13.2 Å². The summed E-state index contributed by atoms with van der Waals surface area (Å²) in [7, 11) is 0. The second-order valence-corrected chi connectivity index (χ2v) is 17.9. The summed E-state index contributed by atoms with van der Waals surface area (Å²) in [4.78, 5) is 0. The lowest BCUT2D eigenvalue weighted by Crippen LogP contribution is -2.71. The molecular weight excluding hydrogens is 600 g/mol. The fraction of sp³-hybridized carbons (Fsp3) is 0.947. The third-order valence-electron chi connectivity index (χ3n) is 14.8. The number of aliphatic hydroxyl groups is 6. The standard InChI is InChI=1S/C38H66O9/c1-10-45-38(9,15-11-12-21(2)3)22-13-17-36(7)28(22)23(40)18-26-35(6)16-14-27(41)34(4,5)32(35)24(19-37(26,36)8)46-33-31(44)30(43)29(42)25(20-39)47-33/h12,22-33,39-44H,10-11,13-20H2,1-9H3/t22-,23+,24-,25+,26+,27-,28-,29+,30-,31+,32+,33+,35+,36+,37+,38-/m0/s1. The highest BCUT2D eigenvalue weighted by molar-refractivity contribution is 5.22. The van der Waals surface area contributed by atoms with Crippen molar-refractivity contribution in [1.29, 1.82) is 0 Å². The van der Waals surface area contributed by atoms with Gasteiger partial charge in [-0.15, -0.1) is 0 Å². The minimum Gasteiger partial charge on any atom is -0.394 e. The van der Waals surface area contributed by atoms with E-state index in [0.29, 0.717) is 25.9 Å². The minimum absolute atomic E-state index is 0.0299. The minimum atomic E-state index is -1.53. The van der Waals surface area contributed by atoms with Crippen LogP contribution in [0.25, 0.3) is 0 Å². The SMILES string of the molecule is CCO[C@@](C)(CCC=C(C)C)[C@H]1CC[C@]2(C)[C@@H]1[C@H](O)C[C@@H]1[C@@]3(C)CC[C@H](O)C(C)(C)[C@H]3[C@@H](O[C@@H]3O[C@H](CO)[C@@H](O)[C@H](O)[C@H]3O)C[C@]12C. The van der Waals surface area contributed by atoms with Crippen LogP contribution >= 0.6 is 0 Å². The number of hydrogen-bond acceptors (Lipinski definition) is 9. The molecule has 5 aliphatic rings. The van der Waals surface area contributed by atoms with Crippen molar-refractivity contribution in [3.63, 3.8) is 0 Å². The van der Waals surface area contributed by atoms with Crippen molar-refractivity contribution in [1.82, 2.24) is 0 Å². The van der Waals surface area contributed by atoms with Gasteiger partial charge in [0.25, 0.3) is 0 Å². The van der Waals surface area contributed by atoms with Crippen LogP contribution in [-0.4, -0.2) is 98.5 Å². The molecular formula is C38H66O9. The van der Waals surface area contributed by atoms with Gasteiger partial charge in [-0.25, -0.2) is 0 Å². The number of rotatable bonds is 9. The van der Waals surface area contributed by atoms with Gasteiger partial charge in [0.05, 0.1) is 30.5 Å². The fourth-order valence-corrected chi connectivity index (χ4v) is 12.4. The van der Waals surface area contributed by atoms with Crippen LogP contribution in [0.15, 0.2) is 11.6 Å². The van der Waals surface area contributed by atoms with Gasteiger partial charge in [0.15, 0.2) is 6.29 Å². The van der Waals surface area contributed by atoms with E-state index in [9.17, 15) is 30.6 Å². The Morgan fingerprint density at radius 1 is 0.936 bits per heavy atom. The van der Waals surface area contributed by atoms with Gasteiger partial charge < -0.3 is 44.8 Å². The molecule has 5 rings (SSSR count). The van der Waals surface area contributed by atoms with Gasteiger partial charge in [0, 0.05) is 6.61 Å². The zero-order valence-corrected chi connectivity index (χ0v) is 30.5. The average Bonchev–Trinajstić information content (AvgIpc) is 3.37. The third-order valence-corrected chi connectivity index (χ3v) is 14.8. The molecule has 1 aliphatic heterocycles. The van der Waals surface area contributed by atoms with Crippen molar-refractivity contribution in [2.45, 2.75) is 168 Å². The van der Waals surface area contributed by atoms with Crippen LogP contribution in [0.3, 0.4) is 0 Å². The predicted molar refractivity (Wildman–Crippen MR) is 179 cm³/mol. The lowest BCUT2D eigenvalue weighted by Gasteiger charge is -2.72. The molecule has 0 radical (unpaired) electrons. The number of fused-ring (bicyclic) bond motifs is 5. The molecule has 47 heavy (non-hydrogen) atoms. The van der Waals surface area contributed by atoms with Crippen LogP contribution < -0.4 is 0 Å². The van der Waals surface area contributed by atoms with E-state index in [1.165, 1.54) is 5.57 Å². The number of allylic oxidation sites excluding steroid dienone is 2. The van der Waals surface area contributed by atoms with E-state index in [-0.39, 0.29) is 45.5 Å². The van der Waals surface area contributed by atoms with E-state index in [1.54, 1.807) is 0 Å². The number of hydrogen-bond donors (Lipinski definition) is 6. The van der Waals surface area contributed by atoms with Crippen LogP contribution in [0.4, 0.5) is 0 Å². The molecule has 0 aromatic heterocycles. The molecule has 0 aromatic carbocycles. The molecule has 1 heterocycles. The molecule has 9 heteroatoms. The highest BCUT2D eigenvalue weighted by Gasteiger charge is 2.73. The van der Waals surface area contributed by atoms with E-state index in [4.69, 9.17) is 14.2 Å². The summed E-state index contributed by atoms with van der Waals surface area (Å²) in [5, 5.41) is 65.8. The molecule has 272 valence electrons. The van der Waals surface area contributed by atoms with Gasteiger partial charge in [0.2, 0.25) is 0 Å². The lowest BCUT2D eigenvalue weighted by molar-refractivity contribution is -0.347. The molecule has 5 fully saturated rings. The molecule has 0 bridgehead atoms. The Hall–Kier alpha value is -0.620. The van der Waals surface area contributed by atoms with Gasteiger partial charge in [0.1, 0.15) is 24.4 Å². The maximum atomic E-state index is 12.3. The molecule has 9 nitrogen and oxygen atoms in total. The summed E-state index contributed by atoms with van der Waals surface area (Å²) in [6.45, 7) is 20.0. The maximum absolute atomic E-state index is 12.3. The van der Waals surface area contributed by atoms with Gasteiger partial charge in [-0.05, 0) is 124 Å². The zero-order chi connectivity index (χ0) is 34.9. The van der Waals surface area contributed by atoms with Crippen LogP contribution in [0.1, 0.15) is 114 Å². The maximum Gasteiger partial charge on any atom is 0.186 e. The van der Waals surface area contributed by atoms with Crippen LogP contribution in [0.5, 0.6) is 0 Å². The summed E-state index contributed by atoms with van der Waals surface area (Å²) in [6, 6.07) is 0. The van der Waals surface area contributed by atoms with E-state index in [1.807, 2.05) is 0 Å². The highest BCUT2D eigenvalue weighted by atomic mass is 16.7. The Balaban J connectivity index is 1.56. The second-order valence-electron chi connectivity index (χ2n) is 17.9. The Bertz CT molecular complexity index is 1140. The molecule has 0 amide bonds. The molecule has 1 saturated heterocycles. The van der Waals surface area contributed by atoms with E-state index in [2.05, 4.69) is 68.4 Å². The summed E-state index contributed by atoms with van der Waals surface area (Å²) < 4.78 is 19.3. The van der Waals surface area contributed by atoms with Crippen molar-refractivity contribution in [2.24, 2.45) is 45.3 Å². The zero-order valence-electron chi connectivity index (χ0n) is 30.5. The topological polar surface area (TPSA) is 149 Å². The van der Waals surface area contributed by atoms with Gasteiger partial charge in [-0.2, -0.15) is 0 Å². The summed E-state index contributed by atoms with van der Waals surface area (Å²) >= 11 is 0.